The Labute approximate surface area is 175 Å². The molecule has 0 radical (unpaired) electrons. The van der Waals surface area contributed by atoms with E-state index in [4.69, 9.17) is 10.7 Å². The first-order valence-corrected chi connectivity index (χ1v) is 10.2. The maximum Gasteiger partial charge on any atom is 0.202 e. The first-order chi connectivity index (χ1) is 14.6. The number of H-pyrrole nitrogens is 1. The molecule has 0 spiro atoms. The molecule has 6 N–H and O–H groups in total. The van der Waals surface area contributed by atoms with Crippen LogP contribution in [0.15, 0.2) is 65.4 Å². The molecule has 0 amide bonds. The van der Waals surface area contributed by atoms with Crippen LogP contribution >= 0.6 is 0 Å². The highest BCUT2D eigenvalue weighted by Crippen LogP contribution is 2.31. The number of aliphatic imine (C=N–C) groups is 1. The van der Waals surface area contributed by atoms with Gasteiger partial charge in [-0.25, -0.2) is 4.99 Å². The molecule has 1 aromatic heterocycles. The zero-order valence-electron chi connectivity index (χ0n) is 16.9. The monoisotopic (exact) mass is 402 g/mol. The fourth-order valence-corrected chi connectivity index (χ4v) is 3.93. The van der Waals surface area contributed by atoms with E-state index >= 15 is 0 Å². The maximum absolute atomic E-state index is 6.77. The molecule has 2 aliphatic rings. The number of fused-ring (bicyclic) bond motifs is 1. The van der Waals surface area contributed by atoms with E-state index in [0.717, 1.165) is 53.9 Å². The largest absolute Gasteiger partial charge is 0.369 e. The average Bonchev–Trinajstić information content (AvgIpc) is 3.25. The second kappa shape index (κ2) is 7.47. The fourth-order valence-electron chi connectivity index (χ4n) is 3.93. The van der Waals surface area contributed by atoms with Gasteiger partial charge in [0.15, 0.2) is 5.66 Å². The van der Waals surface area contributed by atoms with Crippen molar-refractivity contribution in [3.8, 4) is 0 Å². The number of rotatable bonds is 3. The van der Waals surface area contributed by atoms with Crippen molar-refractivity contribution in [2.75, 3.05) is 36.4 Å². The highest BCUT2D eigenvalue weighted by Gasteiger charge is 2.32. The van der Waals surface area contributed by atoms with E-state index in [9.17, 15) is 0 Å². The number of hydrogen-bond donors (Lipinski definition) is 5. The number of guanidine groups is 1. The third-order valence-corrected chi connectivity index (χ3v) is 5.81. The van der Waals surface area contributed by atoms with E-state index in [2.05, 4.69) is 55.3 Å². The van der Waals surface area contributed by atoms with Gasteiger partial charge in [0, 0.05) is 54.7 Å². The SMILES string of the molecule is CC1=CNC(Nc2ccc(N3CCNCC3)cc2)=NC1(N)c1ccc2cn[nH]c2c1. The fraction of sp³-hybridized carbons (Fsp3) is 0.273. The van der Waals surface area contributed by atoms with Gasteiger partial charge in [-0.15, -0.1) is 0 Å². The maximum atomic E-state index is 6.77. The molecule has 0 bridgehead atoms. The van der Waals surface area contributed by atoms with Crippen molar-refractivity contribution in [2.24, 2.45) is 10.7 Å². The Morgan fingerprint density at radius 3 is 2.70 bits per heavy atom. The number of nitrogens with two attached hydrogens (primary N) is 1. The number of hydrogen-bond acceptors (Lipinski definition) is 7. The Hall–Kier alpha value is -3.36. The van der Waals surface area contributed by atoms with Crippen molar-refractivity contribution in [3.63, 3.8) is 0 Å². The smallest absolute Gasteiger partial charge is 0.202 e. The summed E-state index contributed by atoms with van der Waals surface area (Å²) in [5.74, 6) is 0.614. The van der Waals surface area contributed by atoms with Gasteiger partial charge in [-0.1, -0.05) is 12.1 Å². The van der Waals surface area contributed by atoms with Gasteiger partial charge in [0.2, 0.25) is 5.96 Å². The molecule has 1 fully saturated rings. The molecule has 3 aromatic rings. The number of aromatic amines is 1. The van der Waals surface area contributed by atoms with Crippen LogP contribution < -0.4 is 26.6 Å². The van der Waals surface area contributed by atoms with E-state index < -0.39 is 5.66 Å². The second-order valence-corrected chi connectivity index (χ2v) is 7.78. The van der Waals surface area contributed by atoms with Gasteiger partial charge < -0.3 is 20.9 Å². The zero-order valence-corrected chi connectivity index (χ0v) is 16.9. The molecule has 154 valence electrons. The third kappa shape index (κ3) is 3.40. The molecule has 2 aliphatic heterocycles. The van der Waals surface area contributed by atoms with Crippen molar-refractivity contribution in [1.29, 1.82) is 0 Å². The summed E-state index contributed by atoms with van der Waals surface area (Å²) in [6.45, 7) is 6.08. The van der Waals surface area contributed by atoms with Crippen LogP contribution in [0.2, 0.25) is 0 Å². The Balaban J connectivity index is 1.38. The molecule has 5 rings (SSSR count). The van der Waals surface area contributed by atoms with Crippen molar-refractivity contribution < 1.29 is 0 Å². The van der Waals surface area contributed by atoms with Crippen molar-refractivity contribution in [3.05, 3.63) is 66.0 Å². The molecule has 1 unspecified atom stereocenters. The zero-order chi connectivity index (χ0) is 20.6. The van der Waals surface area contributed by atoms with E-state index in [1.54, 1.807) is 6.20 Å². The summed E-state index contributed by atoms with van der Waals surface area (Å²) in [4.78, 5) is 7.20. The number of nitrogens with zero attached hydrogens (tertiary/aromatic N) is 3. The Kier molecular flexibility index (Phi) is 4.65. The third-order valence-electron chi connectivity index (χ3n) is 5.81. The van der Waals surface area contributed by atoms with Crippen LogP contribution in [-0.2, 0) is 5.66 Å². The number of anilines is 2. The average molecular weight is 403 g/mol. The van der Waals surface area contributed by atoms with Crippen LogP contribution in [0.1, 0.15) is 12.5 Å². The Morgan fingerprint density at radius 1 is 1.10 bits per heavy atom. The summed E-state index contributed by atoms with van der Waals surface area (Å²) < 4.78 is 0. The molecule has 2 aromatic carbocycles. The molecule has 8 heteroatoms. The molecule has 30 heavy (non-hydrogen) atoms. The molecule has 3 heterocycles. The molecule has 8 nitrogen and oxygen atoms in total. The minimum atomic E-state index is -0.951. The number of piperazine rings is 1. The topological polar surface area (TPSA) is 106 Å². The lowest BCUT2D eigenvalue weighted by molar-refractivity contribution is 0.542. The summed E-state index contributed by atoms with van der Waals surface area (Å²) in [5.41, 5.74) is 10.8. The van der Waals surface area contributed by atoms with Crippen LogP contribution in [0.5, 0.6) is 0 Å². The van der Waals surface area contributed by atoms with E-state index in [1.165, 1.54) is 5.69 Å². The summed E-state index contributed by atoms with van der Waals surface area (Å²) in [6.07, 6.45) is 3.70. The number of nitrogens with one attached hydrogen (secondary N) is 4. The first-order valence-electron chi connectivity index (χ1n) is 10.2. The van der Waals surface area contributed by atoms with Gasteiger partial charge in [0.05, 0.1) is 11.7 Å². The van der Waals surface area contributed by atoms with Crippen LogP contribution in [0, 0.1) is 0 Å². The standard InChI is InChI=1S/C22H26N8/c1-15-13-25-21(27-18-4-6-19(7-5-18)30-10-8-24-9-11-30)28-22(15,23)17-3-2-16-14-26-29-20(16)12-17/h2-7,12-14,24H,8-11,23H2,1H3,(H,26,29)(H2,25,27,28). The summed E-state index contributed by atoms with van der Waals surface area (Å²) in [5, 5.41) is 18.1. The lowest BCUT2D eigenvalue weighted by Crippen LogP contribution is -2.44. The minimum Gasteiger partial charge on any atom is -0.369 e. The number of aromatic nitrogens is 2. The lowest BCUT2D eigenvalue weighted by Gasteiger charge is -2.32. The van der Waals surface area contributed by atoms with Gasteiger partial charge in [0.1, 0.15) is 0 Å². The molecule has 1 atom stereocenters. The molecular weight excluding hydrogens is 376 g/mol. The summed E-state index contributed by atoms with van der Waals surface area (Å²) in [7, 11) is 0. The van der Waals surface area contributed by atoms with E-state index in [-0.39, 0.29) is 0 Å². The van der Waals surface area contributed by atoms with Crippen LogP contribution in [0.25, 0.3) is 10.9 Å². The molecule has 0 aliphatic carbocycles. The highest BCUT2D eigenvalue weighted by molar-refractivity contribution is 5.95. The van der Waals surface area contributed by atoms with Crippen molar-refractivity contribution in [1.82, 2.24) is 20.8 Å². The molecule has 0 saturated carbocycles. The van der Waals surface area contributed by atoms with E-state index in [1.807, 2.05) is 31.3 Å². The van der Waals surface area contributed by atoms with Gasteiger partial charge in [0.25, 0.3) is 0 Å². The van der Waals surface area contributed by atoms with Gasteiger partial charge >= 0.3 is 0 Å². The quantitative estimate of drug-likeness (QED) is 0.459. The Bertz CT molecular complexity index is 1110. The second-order valence-electron chi connectivity index (χ2n) is 7.78. The number of benzene rings is 2. The lowest BCUT2D eigenvalue weighted by atomic mass is 9.92. The Morgan fingerprint density at radius 2 is 1.90 bits per heavy atom. The summed E-state index contributed by atoms with van der Waals surface area (Å²) >= 11 is 0. The normalized spacial score (nSPS) is 21.7. The minimum absolute atomic E-state index is 0.614. The van der Waals surface area contributed by atoms with Gasteiger partial charge in [-0.2, -0.15) is 5.10 Å². The van der Waals surface area contributed by atoms with Crippen molar-refractivity contribution in [2.45, 2.75) is 12.6 Å². The van der Waals surface area contributed by atoms with E-state index in [0.29, 0.717) is 5.96 Å². The first kappa shape index (κ1) is 18.7. The highest BCUT2D eigenvalue weighted by atomic mass is 15.2. The van der Waals surface area contributed by atoms with Gasteiger partial charge in [-0.3, -0.25) is 10.8 Å². The predicted octanol–water partition coefficient (Wildman–Crippen LogP) is 2.06. The molecule has 1 saturated heterocycles. The predicted molar refractivity (Wildman–Crippen MR) is 121 cm³/mol. The van der Waals surface area contributed by atoms with Gasteiger partial charge in [-0.05, 0) is 42.8 Å². The van der Waals surface area contributed by atoms with Crippen molar-refractivity contribution >= 4 is 28.2 Å². The van der Waals surface area contributed by atoms with Crippen LogP contribution in [0.4, 0.5) is 11.4 Å². The molecular formula is C22H26N8. The summed E-state index contributed by atoms with van der Waals surface area (Å²) in [6, 6.07) is 14.4. The van der Waals surface area contributed by atoms with Crippen LogP contribution in [0.3, 0.4) is 0 Å². The van der Waals surface area contributed by atoms with Crippen LogP contribution in [-0.4, -0.2) is 42.3 Å².